The van der Waals surface area contributed by atoms with Gasteiger partial charge in [-0.2, -0.15) is 0 Å². The van der Waals surface area contributed by atoms with Crippen LogP contribution in [0.2, 0.25) is 0 Å². The second kappa shape index (κ2) is 5.76. The fraction of sp³-hybridized carbons (Fsp3) is 0.150. The number of hydrogen-bond donors (Lipinski definition) is 1. The van der Waals surface area contributed by atoms with Gasteiger partial charge in [0.25, 0.3) is 0 Å². The minimum atomic E-state index is -0.322. The largest absolute Gasteiger partial charge is 0.508 e. The van der Waals surface area contributed by atoms with Crippen molar-refractivity contribution in [2.24, 2.45) is 0 Å². The summed E-state index contributed by atoms with van der Waals surface area (Å²) in [6.45, 7) is 3.98. The van der Waals surface area contributed by atoms with E-state index in [1.54, 1.807) is 36.4 Å². The Kier molecular flexibility index (Phi) is 3.78. The maximum absolute atomic E-state index is 12.3. The van der Waals surface area contributed by atoms with Crippen molar-refractivity contribution in [1.29, 1.82) is 0 Å². The van der Waals surface area contributed by atoms with Crippen molar-refractivity contribution >= 4 is 17.9 Å². The fourth-order valence-corrected chi connectivity index (χ4v) is 2.39. The van der Waals surface area contributed by atoms with Crippen molar-refractivity contribution in [3.8, 4) is 11.5 Å². The molecule has 0 atom stereocenters. The van der Waals surface area contributed by atoms with Gasteiger partial charge in [0.05, 0.1) is 0 Å². The molecule has 1 aliphatic heterocycles. The summed E-state index contributed by atoms with van der Waals surface area (Å²) < 4.78 is 5.85. The van der Waals surface area contributed by atoms with Gasteiger partial charge in [0.2, 0.25) is 0 Å². The lowest BCUT2D eigenvalue weighted by atomic mass is 9.99. The molecule has 1 heterocycles. The molecule has 3 rings (SSSR count). The predicted octanol–water partition coefficient (Wildman–Crippen LogP) is 4.47. The van der Waals surface area contributed by atoms with Crippen molar-refractivity contribution < 1.29 is 14.6 Å². The van der Waals surface area contributed by atoms with Crippen LogP contribution in [0.3, 0.4) is 0 Å². The van der Waals surface area contributed by atoms with Gasteiger partial charge in [-0.25, -0.2) is 0 Å². The summed E-state index contributed by atoms with van der Waals surface area (Å²) in [5.41, 5.74) is 2.07. The van der Waals surface area contributed by atoms with Gasteiger partial charge < -0.3 is 9.84 Å². The first-order chi connectivity index (χ1) is 10.9. The quantitative estimate of drug-likeness (QED) is 0.672. The number of aromatic hydroxyl groups is 1. The molecular weight excluding hydrogens is 288 g/mol. The number of ether oxygens (including phenoxy) is 1. The summed E-state index contributed by atoms with van der Waals surface area (Å²) in [6.07, 6.45) is 7.23. The molecule has 0 fully saturated rings. The van der Waals surface area contributed by atoms with E-state index in [-0.39, 0.29) is 17.1 Å². The second-order valence-electron chi connectivity index (χ2n) is 6.08. The van der Waals surface area contributed by atoms with Crippen LogP contribution in [0.5, 0.6) is 11.5 Å². The molecule has 3 heteroatoms. The van der Waals surface area contributed by atoms with E-state index in [0.29, 0.717) is 5.56 Å². The lowest BCUT2D eigenvalue weighted by molar-refractivity contribution is 0.104. The first-order valence-corrected chi connectivity index (χ1v) is 7.47. The molecule has 0 amide bonds. The van der Waals surface area contributed by atoms with E-state index >= 15 is 0 Å². The molecule has 23 heavy (non-hydrogen) atoms. The van der Waals surface area contributed by atoms with Crippen LogP contribution < -0.4 is 4.74 Å². The van der Waals surface area contributed by atoms with E-state index in [1.165, 1.54) is 6.08 Å². The topological polar surface area (TPSA) is 46.5 Å². The van der Waals surface area contributed by atoms with E-state index in [4.69, 9.17) is 4.74 Å². The van der Waals surface area contributed by atoms with Crippen LogP contribution in [-0.4, -0.2) is 16.5 Å². The zero-order valence-corrected chi connectivity index (χ0v) is 13.1. The van der Waals surface area contributed by atoms with Gasteiger partial charge in [-0.05, 0) is 61.9 Å². The summed E-state index contributed by atoms with van der Waals surface area (Å²) >= 11 is 0. The molecule has 0 saturated heterocycles. The van der Waals surface area contributed by atoms with Crippen LogP contribution in [0.4, 0.5) is 0 Å². The Morgan fingerprint density at radius 1 is 1.13 bits per heavy atom. The monoisotopic (exact) mass is 306 g/mol. The fourth-order valence-electron chi connectivity index (χ4n) is 2.39. The molecule has 0 bridgehead atoms. The second-order valence-corrected chi connectivity index (χ2v) is 6.08. The Morgan fingerprint density at radius 2 is 1.87 bits per heavy atom. The van der Waals surface area contributed by atoms with Crippen LogP contribution in [0.25, 0.3) is 12.2 Å². The SMILES string of the molecule is CC1(C)C=Cc2cc(C(=O)/C=C/c3ccc(O)cc3)ccc2O1. The highest BCUT2D eigenvalue weighted by atomic mass is 16.5. The van der Waals surface area contributed by atoms with E-state index in [1.807, 2.05) is 38.1 Å². The minimum absolute atomic E-state index is 0.0703. The number of carbonyl (C=O) groups excluding carboxylic acids is 1. The Balaban J connectivity index is 1.80. The highest BCUT2D eigenvalue weighted by molar-refractivity contribution is 6.07. The van der Waals surface area contributed by atoms with Gasteiger partial charge in [-0.3, -0.25) is 4.79 Å². The molecule has 0 aromatic heterocycles. The summed E-state index contributed by atoms with van der Waals surface area (Å²) in [5.74, 6) is 0.925. The highest BCUT2D eigenvalue weighted by Gasteiger charge is 2.21. The number of allylic oxidation sites excluding steroid dienone is 1. The van der Waals surface area contributed by atoms with E-state index < -0.39 is 0 Å². The maximum atomic E-state index is 12.3. The molecule has 0 unspecified atom stereocenters. The van der Waals surface area contributed by atoms with Crippen LogP contribution in [0.1, 0.15) is 35.3 Å². The Hall–Kier alpha value is -2.81. The average molecular weight is 306 g/mol. The highest BCUT2D eigenvalue weighted by Crippen LogP contribution is 2.31. The van der Waals surface area contributed by atoms with Gasteiger partial charge in [-0.1, -0.05) is 24.3 Å². The number of benzene rings is 2. The maximum Gasteiger partial charge on any atom is 0.185 e. The molecule has 2 aromatic rings. The normalized spacial score (nSPS) is 15.2. The van der Waals surface area contributed by atoms with Gasteiger partial charge >= 0.3 is 0 Å². The minimum Gasteiger partial charge on any atom is -0.508 e. The van der Waals surface area contributed by atoms with Gasteiger partial charge in [0.1, 0.15) is 17.1 Å². The van der Waals surface area contributed by atoms with E-state index in [0.717, 1.165) is 16.9 Å². The number of hydrogen-bond acceptors (Lipinski definition) is 3. The summed E-state index contributed by atoms with van der Waals surface area (Å²) in [4.78, 5) is 12.3. The average Bonchev–Trinajstić information content (AvgIpc) is 2.53. The molecule has 116 valence electrons. The molecule has 0 spiro atoms. The van der Waals surface area contributed by atoms with Crippen LogP contribution in [-0.2, 0) is 0 Å². The molecule has 2 aromatic carbocycles. The van der Waals surface area contributed by atoms with E-state index in [9.17, 15) is 9.90 Å². The number of ketones is 1. The third-order valence-corrected chi connectivity index (χ3v) is 3.65. The molecule has 1 aliphatic rings. The molecule has 3 nitrogen and oxygen atoms in total. The van der Waals surface area contributed by atoms with Gasteiger partial charge in [0.15, 0.2) is 5.78 Å². The first kappa shape index (κ1) is 15.1. The Morgan fingerprint density at radius 3 is 2.61 bits per heavy atom. The van der Waals surface area contributed by atoms with E-state index in [2.05, 4.69) is 0 Å². The summed E-state index contributed by atoms with van der Waals surface area (Å²) in [6, 6.07) is 12.1. The van der Waals surface area contributed by atoms with Crippen molar-refractivity contribution in [1.82, 2.24) is 0 Å². The number of phenolic OH excluding ortho intramolecular Hbond substituents is 1. The number of fused-ring (bicyclic) bond motifs is 1. The van der Waals surface area contributed by atoms with Crippen LogP contribution in [0.15, 0.2) is 54.6 Å². The third-order valence-electron chi connectivity index (χ3n) is 3.65. The molecule has 0 aliphatic carbocycles. The van der Waals surface area contributed by atoms with Gasteiger partial charge in [0, 0.05) is 11.1 Å². The number of rotatable bonds is 3. The molecule has 1 N–H and O–H groups in total. The number of phenols is 1. The predicted molar refractivity (Wildman–Crippen MR) is 91.7 cm³/mol. The van der Waals surface area contributed by atoms with Crippen molar-refractivity contribution in [3.05, 3.63) is 71.3 Å². The first-order valence-electron chi connectivity index (χ1n) is 7.47. The third kappa shape index (κ3) is 3.51. The lowest BCUT2D eigenvalue weighted by Crippen LogP contribution is -2.27. The standard InChI is InChI=1S/C20H18O3/c1-20(2)12-11-16-13-15(6-10-19(16)23-20)18(22)9-5-14-3-7-17(21)8-4-14/h3-13,21H,1-2H3/b9-5+. The zero-order chi connectivity index (χ0) is 16.4. The smallest absolute Gasteiger partial charge is 0.185 e. The Labute approximate surface area is 135 Å². The summed E-state index contributed by atoms with van der Waals surface area (Å²) in [5, 5.41) is 9.25. The van der Waals surface area contributed by atoms with Crippen molar-refractivity contribution in [3.63, 3.8) is 0 Å². The molecule has 0 radical (unpaired) electrons. The molecule has 0 saturated carbocycles. The van der Waals surface area contributed by atoms with Crippen LogP contribution >= 0.6 is 0 Å². The lowest BCUT2D eigenvalue weighted by Gasteiger charge is -2.27. The zero-order valence-electron chi connectivity index (χ0n) is 13.1. The van der Waals surface area contributed by atoms with Crippen molar-refractivity contribution in [2.75, 3.05) is 0 Å². The van der Waals surface area contributed by atoms with Crippen LogP contribution in [0, 0.1) is 0 Å². The Bertz CT molecular complexity index is 796. The molecular formula is C20H18O3. The van der Waals surface area contributed by atoms with Gasteiger partial charge in [-0.15, -0.1) is 0 Å². The van der Waals surface area contributed by atoms with Crippen molar-refractivity contribution in [2.45, 2.75) is 19.4 Å². The summed E-state index contributed by atoms with van der Waals surface area (Å²) in [7, 11) is 0. The number of carbonyl (C=O) groups is 1.